The van der Waals surface area contributed by atoms with E-state index < -0.39 is 0 Å². The smallest absolute Gasteiger partial charge is 0.186 e. The van der Waals surface area contributed by atoms with Crippen LogP contribution in [0.1, 0.15) is 31.2 Å². The lowest BCUT2D eigenvalue weighted by Gasteiger charge is -2.07. The van der Waals surface area contributed by atoms with Crippen LogP contribution in [0.3, 0.4) is 0 Å². The Morgan fingerprint density at radius 1 is 1.42 bits per heavy atom. The predicted molar refractivity (Wildman–Crippen MR) is 76.5 cm³/mol. The van der Waals surface area contributed by atoms with Gasteiger partial charge in [-0.3, -0.25) is 0 Å². The highest BCUT2D eigenvalue weighted by atomic mass is 32.2. The number of rotatable bonds is 5. The summed E-state index contributed by atoms with van der Waals surface area (Å²) in [6.07, 6.45) is 4.99. The molecule has 0 aliphatic heterocycles. The van der Waals surface area contributed by atoms with E-state index in [0.29, 0.717) is 5.69 Å². The molecule has 0 aliphatic carbocycles. The van der Waals surface area contributed by atoms with E-state index in [1.165, 1.54) is 4.90 Å². The van der Waals surface area contributed by atoms with Gasteiger partial charge in [-0.15, -0.1) is 16.9 Å². The summed E-state index contributed by atoms with van der Waals surface area (Å²) in [6.45, 7) is 2.13. The van der Waals surface area contributed by atoms with Gasteiger partial charge in [0.2, 0.25) is 0 Å². The van der Waals surface area contributed by atoms with Crippen LogP contribution in [0.2, 0.25) is 0 Å². The molecule has 0 aliphatic rings. The fourth-order valence-corrected chi connectivity index (χ4v) is 2.36. The number of hydrogen-bond donors (Lipinski definition) is 0. The third-order valence-electron chi connectivity index (χ3n) is 2.93. The maximum absolute atomic E-state index is 9.11. The molecular weight excluding hydrogens is 256 g/mol. The zero-order valence-corrected chi connectivity index (χ0v) is 11.9. The highest BCUT2D eigenvalue weighted by molar-refractivity contribution is 7.98. The molecule has 1 heterocycles. The summed E-state index contributed by atoms with van der Waals surface area (Å²) < 4.78 is 1.79. The molecule has 0 bridgehead atoms. The van der Waals surface area contributed by atoms with Gasteiger partial charge in [-0.2, -0.15) is 5.26 Å². The Morgan fingerprint density at radius 2 is 2.26 bits per heavy atom. The molecule has 1 aromatic carbocycles. The molecular formula is C14H16N4S. The molecule has 2 aromatic rings. The molecule has 0 fully saturated rings. The van der Waals surface area contributed by atoms with E-state index in [2.05, 4.69) is 35.4 Å². The molecule has 0 atom stereocenters. The van der Waals surface area contributed by atoms with Gasteiger partial charge >= 0.3 is 0 Å². The van der Waals surface area contributed by atoms with Gasteiger partial charge in [0.1, 0.15) is 6.07 Å². The van der Waals surface area contributed by atoms with Crippen LogP contribution in [-0.2, 0) is 6.42 Å². The van der Waals surface area contributed by atoms with Gasteiger partial charge in [-0.05, 0) is 37.3 Å². The van der Waals surface area contributed by atoms with Crippen molar-refractivity contribution in [2.45, 2.75) is 31.1 Å². The second kappa shape index (κ2) is 6.39. The number of hydrogen-bond acceptors (Lipinski definition) is 4. The zero-order valence-electron chi connectivity index (χ0n) is 11.1. The summed E-state index contributed by atoms with van der Waals surface area (Å²) in [4.78, 5) is 1.17. The zero-order chi connectivity index (χ0) is 13.7. The summed E-state index contributed by atoms with van der Waals surface area (Å²) in [7, 11) is 0. The number of nitrogens with zero attached hydrogens (tertiary/aromatic N) is 4. The third-order valence-corrected chi connectivity index (χ3v) is 3.66. The van der Waals surface area contributed by atoms with Crippen molar-refractivity contribution in [2.75, 3.05) is 6.26 Å². The largest absolute Gasteiger partial charge is 0.216 e. The van der Waals surface area contributed by atoms with Gasteiger partial charge in [-0.1, -0.05) is 24.6 Å². The van der Waals surface area contributed by atoms with Gasteiger partial charge in [0.05, 0.1) is 11.4 Å². The van der Waals surface area contributed by atoms with Crippen LogP contribution < -0.4 is 0 Å². The summed E-state index contributed by atoms with van der Waals surface area (Å²) in [5, 5.41) is 17.2. The lowest BCUT2D eigenvalue weighted by atomic mass is 10.1. The first kappa shape index (κ1) is 13.6. The lowest BCUT2D eigenvalue weighted by Crippen LogP contribution is -2.03. The van der Waals surface area contributed by atoms with E-state index in [-0.39, 0.29) is 0 Å². The summed E-state index contributed by atoms with van der Waals surface area (Å²) in [6, 6.07) is 10.2. The van der Waals surface area contributed by atoms with Crippen LogP contribution in [0.4, 0.5) is 0 Å². The predicted octanol–water partition coefficient (Wildman–Crippen LogP) is 3.20. The van der Waals surface area contributed by atoms with Gasteiger partial charge in [0, 0.05) is 4.90 Å². The number of aromatic nitrogens is 3. The second-order valence-electron chi connectivity index (χ2n) is 4.21. The molecule has 0 unspecified atom stereocenters. The first-order chi connectivity index (χ1) is 9.30. The van der Waals surface area contributed by atoms with Crippen molar-refractivity contribution in [1.29, 1.82) is 5.26 Å². The minimum absolute atomic E-state index is 0.433. The Morgan fingerprint density at radius 3 is 2.95 bits per heavy atom. The van der Waals surface area contributed by atoms with Gasteiger partial charge < -0.3 is 0 Å². The normalized spacial score (nSPS) is 10.4. The molecule has 1 aromatic heterocycles. The van der Waals surface area contributed by atoms with Crippen molar-refractivity contribution in [3.05, 3.63) is 35.7 Å². The second-order valence-corrected chi connectivity index (χ2v) is 5.09. The van der Waals surface area contributed by atoms with E-state index in [0.717, 1.165) is 30.6 Å². The van der Waals surface area contributed by atoms with Crippen molar-refractivity contribution in [3.8, 4) is 11.8 Å². The molecule has 0 N–H and O–H groups in total. The van der Waals surface area contributed by atoms with Crippen LogP contribution in [0.25, 0.3) is 5.69 Å². The van der Waals surface area contributed by atoms with Gasteiger partial charge in [0.15, 0.2) is 5.69 Å². The van der Waals surface area contributed by atoms with Crippen molar-refractivity contribution >= 4 is 11.8 Å². The standard InChI is InChI=1S/C14H16N4S/c1-3-4-8-14-13(10-15)16-17-18(14)11-6-5-7-12(9-11)19-2/h5-7,9H,3-4,8H2,1-2H3. The van der Waals surface area contributed by atoms with Crippen LogP contribution in [-0.4, -0.2) is 21.2 Å². The van der Waals surface area contributed by atoms with Crippen molar-refractivity contribution in [2.24, 2.45) is 0 Å². The molecule has 0 spiro atoms. The fraction of sp³-hybridized carbons (Fsp3) is 0.357. The van der Waals surface area contributed by atoms with E-state index in [9.17, 15) is 0 Å². The minimum Gasteiger partial charge on any atom is -0.216 e. The maximum atomic E-state index is 9.11. The molecule has 98 valence electrons. The number of thioether (sulfide) groups is 1. The Balaban J connectivity index is 2.43. The molecule has 5 heteroatoms. The monoisotopic (exact) mass is 272 g/mol. The molecule has 4 nitrogen and oxygen atoms in total. The molecule has 0 saturated heterocycles. The average molecular weight is 272 g/mol. The highest BCUT2D eigenvalue weighted by Gasteiger charge is 2.13. The van der Waals surface area contributed by atoms with Crippen molar-refractivity contribution in [1.82, 2.24) is 15.0 Å². The van der Waals surface area contributed by atoms with Crippen LogP contribution >= 0.6 is 11.8 Å². The maximum Gasteiger partial charge on any atom is 0.186 e. The van der Waals surface area contributed by atoms with Gasteiger partial charge in [-0.25, -0.2) is 4.68 Å². The van der Waals surface area contributed by atoms with E-state index >= 15 is 0 Å². The third kappa shape index (κ3) is 2.96. The molecule has 0 saturated carbocycles. The van der Waals surface area contributed by atoms with Crippen LogP contribution in [0.5, 0.6) is 0 Å². The van der Waals surface area contributed by atoms with E-state index in [4.69, 9.17) is 5.26 Å². The van der Waals surface area contributed by atoms with Crippen LogP contribution in [0.15, 0.2) is 29.2 Å². The number of nitriles is 1. The summed E-state index contributed by atoms with van der Waals surface area (Å²) >= 11 is 1.69. The Labute approximate surface area is 117 Å². The minimum atomic E-state index is 0.433. The van der Waals surface area contributed by atoms with Crippen molar-refractivity contribution in [3.63, 3.8) is 0 Å². The van der Waals surface area contributed by atoms with Gasteiger partial charge in [0.25, 0.3) is 0 Å². The Kier molecular flexibility index (Phi) is 4.58. The van der Waals surface area contributed by atoms with Crippen LogP contribution in [0, 0.1) is 11.3 Å². The fourth-order valence-electron chi connectivity index (χ4n) is 1.91. The topological polar surface area (TPSA) is 54.5 Å². The lowest BCUT2D eigenvalue weighted by molar-refractivity contribution is 0.714. The van der Waals surface area contributed by atoms with Crippen molar-refractivity contribution < 1.29 is 0 Å². The summed E-state index contributed by atoms with van der Waals surface area (Å²) in [5.74, 6) is 0. The number of unbranched alkanes of at least 4 members (excludes halogenated alkanes) is 1. The highest BCUT2D eigenvalue weighted by Crippen LogP contribution is 2.20. The summed E-state index contributed by atoms with van der Waals surface area (Å²) in [5.41, 5.74) is 2.30. The average Bonchev–Trinajstić information content (AvgIpc) is 2.88. The number of benzene rings is 1. The van der Waals surface area contributed by atoms with E-state index in [1.807, 2.05) is 18.4 Å². The van der Waals surface area contributed by atoms with E-state index in [1.54, 1.807) is 16.4 Å². The molecule has 19 heavy (non-hydrogen) atoms. The first-order valence-electron chi connectivity index (χ1n) is 6.29. The molecule has 0 radical (unpaired) electrons. The first-order valence-corrected chi connectivity index (χ1v) is 7.51. The molecule has 0 amide bonds. The molecule has 2 rings (SSSR count). The Bertz CT molecular complexity index is 598. The SMILES string of the molecule is CCCCc1c(C#N)nnn1-c1cccc(SC)c1. The Hall–Kier alpha value is -1.80. The quantitative estimate of drug-likeness (QED) is 0.784.